The molecular formula is C12H22N4. The lowest BCUT2D eigenvalue weighted by Gasteiger charge is -2.18. The average molecular weight is 222 g/mol. The molecule has 0 saturated heterocycles. The van der Waals surface area contributed by atoms with Crippen molar-refractivity contribution in [3.8, 4) is 0 Å². The van der Waals surface area contributed by atoms with Crippen LogP contribution in [0.1, 0.15) is 62.6 Å². The predicted octanol–water partition coefficient (Wildman–Crippen LogP) is 2.14. The summed E-state index contributed by atoms with van der Waals surface area (Å²) in [5.74, 6) is 2.69. The standard InChI is InChI=1S/C12H22N4/c1-9(13-2)12-14-11(15-16(12)3)10-7-5-4-6-8-10/h9-10,13H,4-8H2,1-3H3. The monoisotopic (exact) mass is 222 g/mol. The Hall–Kier alpha value is -0.900. The van der Waals surface area contributed by atoms with E-state index in [2.05, 4.69) is 17.3 Å². The molecule has 0 spiro atoms. The zero-order valence-corrected chi connectivity index (χ0v) is 10.5. The molecule has 1 N–H and O–H groups in total. The van der Waals surface area contributed by atoms with E-state index in [1.165, 1.54) is 32.1 Å². The number of nitrogens with zero attached hydrogens (tertiary/aromatic N) is 3. The van der Waals surface area contributed by atoms with Crippen LogP contribution in [0.15, 0.2) is 0 Å². The number of aryl methyl sites for hydroxylation is 1. The zero-order valence-electron chi connectivity index (χ0n) is 10.5. The minimum absolute atomic E-state index is 0.273. The molecule has 0 bridgehead atoms. The first kappa shape index (κ1) is 11.6. The van der Waals surface area contributed by atoms with Crippen molar-refractivity contribution < 1.29 is 0 Å². The highest BCUT2D eigenvalue weighted by Gasteiger charge is 2.21. The summed E-state index contributed by atoms with van der Waals surface area (Å²) in [7, 11) is 3.95. The second-order valence-electron chi connectivity index (χ2n) is 4.80. The van der Waals surface area contributed by atoms with E-state index in [0.29, 0.717) is 5.92 Å². The van der Waals surface area contributed by atoms with Gasteiger partial charge in [-0.15, -0.1) is 0 Å². The van der Waals surface area contributed by atoms with E-state index in [1.54, 1.807) is 0 Å². The van der Waals surface area contributed by atoms with E-state index in [0.717, 1.165) is 11.6 Å². The van der Waals surface area contributed by atoms with Crippen molar-refractivity contribution in [2.24, 2.45) is 7.05 Å². The van der Waals surface area contributed by atoms with Gasteiger partial charge in [-0.2, -0.15) is 5.10 Å². The van der Waals surface area contributed by atoms with Crippen molar-refractivity contribution in [2.45, 2.75) is 51.0 Å². The zero-order chi connectivity index (χ0) is 11.5. The third kappa shape index (κ3) is 2.26. The van der Waals surface area contributed by atoms with Gasteiger partial charge in [0.25, 0.3) is 0 Å². The van der Waals surface area contributed by atoms with Gasteiger partial charge in [-0.3, -0.25) is 4.68 Å². The Morgan fingerprint density at radius 2 is 2.00 bits per heavy atom. The molecule has 1 aliphatic rings. The topological polar surface area (TPSA) is 42.7 Å². The van der Waals surface area contributed by atoms with Gasteiger partial charge in [-0.1, -0.05) is 19.3 Å². The average Bonchev–Trinajstić information content (AvgIpc) is 2.71. The lowest BCUT2D eigenvalue weighted by molar-refractivity contribution is 0.427. The highest BCUT2D eigenvalue weighted by Crippen LogP contribution is 2.31. The molecule has 4 heteroatoms. The molecule has 90 valence electrons. The molecule has 1 saturated carbocycles. The normalized spacial score (nSPS) is 19.9. The van der Waals surface area contributed by atoms with Gasteiger partial charge in [-0.05, 0) is 26.8 Å². The molecular weight excluding hydrogens is 200 g/mol. The predicted molar refractivity (Wildman–Crippen MR) is 64.3 cm³/mol. The Bertz CT molecular complexity index is 339. The van der Waals surface area contributed by atoms with Crippen LogP contribution in [0, 0.1) is 0 Å². The summed E-state index contributed by atoms with van der Waals surface area (Å²) in [6, 6.07) is 0.273. The van der Waals surface area contributed by atoms with Crippen molar-refractivity contribution >= 4 is 0 Å². The van der Waals surface area contributed by atoms with Gasteiger partial charge in [0, 0.05) is 13.0 Å². The third-order valence-corrected chi connectivity index (χ3v) is 3.60. The molecule has 1 aromatic heterocycles. The van der Waals surface area contributed by atoms with Crippen LogP contribution in [-0.4, -0.2) is 21.8 Å². The van der Waals surface area contributed by atoms with E-state index in [4.69, 9.17) is 4.98 Å². The van der Waals surface area contributed by atoms with Gasteiger partial charge in [0.05, 0.1) is 6.04 Å². The highest BCUT2D eigenvalue weighted by molar-refractivity contribution is 5.03. The molecule has 16 heavy (non-hydrogen) atoms. The minimum Gasteiger partial charge on any atom is -0.311 e. The fourth-order valence-electron chi connectivity index (χ4n) is 2.46. The summed E-state index contributed by atoms with van der Waals surface area (Å²) in [5, 5.41) is 7.78. The molecule has 1 fully saturated rings. The molecule has 0 aliphatic heterocycles. The van der Waals surface area contributed by atoms with Gasteiger partial charge in [0.15, 0.2) is 5.82 Å². The van der Waals surface area contributed by atoms with Crippen LogP contribution in [0.25, 0.3) is 0 Å². The van der Waals surface area contributed by atoms with Crippen molar-refractivity contribution in [1.29, 1.82) is 0 Å². The quantitative estimate of drug-likeness (QED) is 0.852. The van der Waals surface area contributed by atoms with E-state index in [1.807, 2.05) is 18.8 Å². The Morgan fingerprint density at radius 3 is 2.62 bits per heavy atom. The Labute approximate surface area is 97.5 Å². The van der Waals surface area contributed by atoms with E-state index < -0.39 is 0 Å². The molecule has 0 radical (unpaired) electrons. The fourth-order valence-corrected chi connectivity index (χ4v) is 2.46. The molecule has 1 aliphatic carbocycles. The number of hydrogen-bond acceptors (Lipinski definition) is 3. The number of rotatable bonds is 3. The van der Waals surface area contributed by atoms with Crippen molar-refractivity contribution in [3.05, 3.63) is 11.6 Å². The molecule has 1 heterocycles. The Morgan fingerprint density at radius 1 is 1.31 bits per heavy atom. The number of aromatic nitrogens is 3. The summed E-state index contributed by atoms with van der Waals surface area (Å²) in [6.07, 6.45) is 6.57. The van der Waals surface area contributed by atoms with Gasteiger partial charge in [-0.25, -0.2) is 4.98 Å². The van der Waals surface area contributed by atoms with Gasteiger partial charge in [0.1, 0.15) is 5.82 Å². The van der Waals surface area contributed by atoms with Crippen molar-refractivity contribution in [2.75, 3.05) is 7.05 Å². The van der Waals surface area contributed by atoms with Crippen molar-refractivity contribution in [1.82, 2.24) is 20.1 Å². The van der Waals surface area contributed by atoms with Crippen LogP contribution >= 0.6 is 0 Å². The smallest absolute Gasteiger partial charge is 0.154 e. The molecule has 4 nitrogen and oxygen atoms in total. The molecule has 1 atom stereocenters. The first-order valence-corrected chi connectivity index (χ1v) is 6.30. The summed E-state index contributed by atoms with van der Waals surface area (Å²) in [6.45, 7) is 2.12. The van der Waals surface area contributed by atoms with Gasteiger partial charge in [0.2, 0.25) is 0 Å². The molecule has 2 rings (SSSR count). The number of hydrogen-bond donors (Lipinski definition) is 1. The molecule has 1 aromatic rings. The van der Waals surface area contributed by atoms with Crippen LogP contribution < -0.4 is 5.32 Å². The summed E-state index contributed by atoms with van der Waals surface area (Å²) in [4.78, 5) is 4.69. The maximum atomic E-state index is 4.69. The van der Waals surface area contributed by atoms with E-state index in [9.17, 15) is 0 Å². The molecule has 1 unspecified atom stereocenters. The second-order valence-corrected chi connectivity index (χ2v) is 4.80. The van der Waals surface area contributed by atoms with Crippen LogP contribution in [0.4, 0.5) is 0 Å². The maximum Gasteiger partial charge on any atom is 0.154 e. The van der Waals surface area contributed by atoms with E-state index >= 15 is 0 Å². The van der Waals surface area contributed by atoms with Crippen LogP contribution in [-0.2, 0) is 7.05 Å². The van der Waals surface area contributed by atoms with E-state index in [-0.39, 0.29) is 6.04 Å². The maximum absolute atomic E-state index is 4.69. The van der Waals surface area contributed by atoms with Crippen LogP contribution in [0.2, 0.25) is 0 Å². The Balaban J connectivity index is 2.16. The lowest BCUT2D eigenvalue weighted by Crippen LogP contribution is -2.16. The van der Waals surface area contributed by atoms with Crippen LogP contribution in [0.3, 0.4) is 0 Å². The lowest BCUT2D eigenvalue weighted by atomic mass is 9.89. The third-order valence-electron chi connectivity index (χ3n) is 3.60. The minimum atomic E-state index is 0.273. The largest absolute Gasteiger partial charge is 0.311 e. The SMILES string of the molecule is CNC(C)c1nc(C2CCCCC2)nn1C. The Kier molecular flexibility index (Phi) is 3.59. The molecule has 0 aromatic carbocycles. The summed E-state index contributed by atoms with van der Waals surface area (Å²) >= 11 is 0. The van der Waals surface area contributed by atoms with Crippen molar-refractivity contribution in [3.63, 3.8) is 0 Å². The summed E-state index contributed by atoms with van der Waals surface area (Å²) < 4.78 is 1.92. The molecule has 0 amide bonds. The van der Waals surface area contributed by atoms with Gasteiger partial charge >= 0.3 is 0 Å². The highest BCUT2D eigenvalue weighted by atomic mass is 15.3. The number of nitrogens with one attached hydrogen (secondary N) is 1. The second kappa shape index (κ2) is 4.95. The van der Waals surface area contributed by atoms with Gasteiger partial charge < -0.3 is 5.32 Å². The summed E-state index contributed by atoms with van der Waals surface area (Å²) in [5.41, 5.74) is 0. The van der Waals surface area contributed by atoms with Crippen LogP contribution in [0.5, 0.6) is 0 Å². The first-order chi connectivity index (χ1) is 7.72. The first-order valence-electron chi connectivity index (χ1n) is 6.30. The fraction of sp³-hybridized carbons (Fsp3) is 0.833.